The monoisotopic (exact) mass is 448 g/mol. The van der Waals surface area contributed by atoms with Gasteiger partial charge in [0.2, 0.25) is 5.56 Å². The molecule has 0 saturated carbocycles. The van der Waals surface area contributed by atoms with Gasteiger partial charge in [-0.15, -0.1) is 0 Å². The maximum Gasteiger partial charge on any atom is 0.419 e. The van der Waals surface area contributed by atoms with Crippen LogP contribution in [0.4, 0.5) is 23.2 Å². The smallest absolute Gasteiger partial charge is 0.419 e. The van der Waals surface area contributed by atoms with E-state index < -0.39 is 35.5 Å². The predicted molar refractivity (Wildman–Crippen MR) is 110 cm³/mol. The van der Waals surface area contributed by atoms with Gasteiger partial charge in [-0.2, -0.15) is 13.2 Å². The molecule has 5 rings (SSSR count). The van der Waals surface area contributed by atoms with Gasteiger partial charge >= 0.3 is 6.18 Å². The molecule has 2 aromatic carbocycles. The minimum absolute atomic E-state index is 0.0606. The van der Waals surface area contributed by atoms with Crippen LogP contribution in [0.3, 0.4) is 0 Å². The molecule has 1 aliphatic carbocycles. The Kier molecular flexibility index (Phi) is 4.37. The minimum atomic E-state index is -4.96. The summed E-state index contributed by atoms with van der Waals surface area (Å²) in [5.74, 6) is -0.705. The number of aromatic amines is 1. The van der Waals surface area contributed by atoms with Crippen molar-refractivity contribution in [3.05, 3.63) is 69.8 Å². The highest BCUT2D eigenvalue weighted by Gasteiger charge is 2.65. The second kappa shape index (κ2) is 6.71. The Balaban J connectivity index is 1.74. The quantitative estimate of drug-likeness (QED) is 0.503. The van der Waals surface area contributed by atoms with Gasteiger partial charge in [0.25, 0.3) is 0 Å². The molecule has 3 N–H and O–H groups in total. The lowest BCUT2D eigenvalue weighted by Gasteiger charge is -2.51. The van der Waals surface area contributed by atoms with Gasteiger partial charge in [-0.3, -0.25) is 4.79 Å². The van der Waals surface area contributed by atoms with E-state index in [9.17, 15) is 27.5 Å². The third-order valence-corrected chi connectivity index (χ3v) is 6.65. The van der Waals surface area contributed by atoms with Gasteiger partial charge in [0.05, 0.1) is 18.2 Å². The fraction of sp³-hybridized carbons (Fsp3) is 0.348. The standard InChI is InChI=1S/C23H20F4N2O3/c1-21-9-10-32-19-14(24)7-5-13(18(19)21)20(22(31,11-21)23(25,26)27)29-16-4-2-3-15-12(16)6-8-17(30)28-15/h2-8,20,29,31H,9-11H2,1H3,(H,28,30). The van der Waals surface area contributed by atoms with Gasteiger partial charge in [0.1, 0.15) is 0 Å². The van der Waals surface area contributed by atoms with E-state index in [2.05, 4.69) is 10.3 Å². The van der Waals surface area contributed by atoms with Crippen molar-refractivity contribution in [1.82, 2.24) is 4.98 Å². The fourth-order valence-electron chi connectivity index (χ4n) is 5.14. The zero-order valence-electron chi connectivity index (χ0n) is 17.0. The van der Waals surface area contributed by atoms with Crippen LogP contribution in [0.5, 0.6) is 5.75 Å². The van der Waals surface area contributed by atoms with Crippen molar-refractivity contribution in [3.63, 3.8) is 0 Å². The Labute approximate surface area is 180 Å². The van der Waals surface area contributed by atoms with E-state index in [0.717, 1.165) is 6.07 Å². The van der Waals surface area contributed by atoms with Crippen LogP contribution in [0.15, 0.2) is 47.3 Å². The molecule has 3 unspecified atom stereocenters. The van der Waals surface area contributed by atoms with E-state index in [1.54, 1.807) is 25.1 Å². The summed E-state index contributed by atoms with van der Waals surface area (Å²) in [6, 6.07) is 8.28. The molecule has 9 heteroatoms. The summed E-state index contributed by atoms with van der Waals surface area (Å²) in [6.45, 7) is 1.67. The number of alkyl halides is 3. The van der Waals surface area contributed by atoms with E-state index in [0.29, 0.717) is 22.2 Å². The molecule has 1 aromatic heterocycles. The number of halogens is 4. The van der Waals surface area contributed by atoms with Crippen LogP contribution in [0.25, 0.3) is 10.9 Å². The second-order valence-electron chi connectivity index (χ2n) is 8.77. The van der Waals surface area contributed by atoms with Gasteiger partial charge in [0.15, 0.2) is 17.2 Å². The number of hydrogen-bond donors (Lipinski definition) is 3. The molecule has 168 valence electrons. The summed E-state index contributed by atoms with van der Waals surface area (Å²) in [5, 5.41) is 14.5. The molecular weight excluding hydrogens is 428 g/mol. The number of benzene rings is 2. The lowest BCUT2D eigenvalue weighted by atomic mass is 9.60. The molecule has 32 heavy (non-hydrogen) atoms. The molecule has 0 spiro atoms. The van der Waals surface area contributed by atoms with E-state index in [-0.39, 0.29) is 29.9 Å². The predicted octanol–water partition coefficient (Wildman–Crippen LogP) is 4.56. The zero-order valence-corrected chi connectivity index (χ0v) is 17.0. The number of anilines is 1. The van der Waals surface area contributed by atoms with Gasteiger partial charge in [-0.05, 0) is 42.7 Å². The van der Waals surface area contributed by atoms with E-state index in [1.165, 1.54) is 18.2 Å². The summed E-state index contributed by atoms with van der Waals surface area (Å²) >= 11 is 0. The number of pyridine rings is 1. The lowest BCUT2D eigenvalue weighted by molar-refractivity contribution is -0.277. The Bertz CT molecular complexity index is 1290. The second-order valence-corrected chi connectivity index (χ2v) is 8.77. The van der Waals surface area contributed by atoms with Crippen LogP contribution in [0.2, 0.25) is 0 Å². The third kappa shape index (κ3) is 2.91. The topological polar surface area (TPSA) is 74.3 Å². The fourth-order valence-corrected chi connectivity index (χ4v) is 5.14. The zero-order chi connectivity index (χ0) is 22.9. The van der Waals surface area contributed by atoms with Crippen LogP contribution in [-0.4, -0.2) is 28.5 Å². The minimum Gasteiger partial charge on any atom is -0.490 e. The van der Waals surface area contributed by atoms with E-state index in [1.807, 2.05) is 0 Å². The van der Waals surface area contributed by atoms with Crippen molar-refractivity contribution < 1.29 is 27.4 Å². The first-order chi connectivity index (χ1) is 15.0. The first kappa shape index (κ1) is 20.8. The number of rotatable bonds is 2. The maximum absolute atomic E-state index is 14.5. The number of fused-ring (bicyclic) bond motifs is 1. The third-order valence-electron chi connectivity index (χ3n) is 6.65. The average Bonchev–Trinajstić information content (AvgIpc) is 2.71. The van der Waals surface area contributed by atoms with Crippen LogP contribution in [0, 0.1) is 5.82 Å². The highest BCUT2D eigenvalue weighted by atomic mass is 19.4. The Hall–Kier alpha value is -3.07. The Morgan fingerprint density at radius 1 is 1.19 bits per heavy atom. The Morgan fingerprint density at radius 2 is 1.97 bits per heavy atom. The van der Waals surface area contributed by atoms with Crippen molar-refractivity contribution in [1.29, 1.82) is 0 Å². The van der Waals surface area contributed by atoms with Gasteiger partial charge < -0.3 is 20.1 Å². The maximum atomic E-state index is 14.5. The van der Waals surface area contributed by atoms with Crippen molar-refractivity contribution >= 4 is 16.6 Å². The first-order valence-corrected chi connectivity index (χ1v) is 10.2. The molecular formula is C23H20F4N2O3. The molecule has 2 heterocycles. The number of H-pyrrole nitrogens is 1. The largest absolute Gasteiger partial charge is 0.490 e. The number of aromatic nitrogens is 1. The molecule has 0 amide bonds. The van der Waals surface area contributed by atoms with Crippen LogP contribution >= 0.6 is 0 Å². The number of hydrogen-bond acceptors (Lipinski definition) is 4. The van der Waals surface area contributed by atoms with Gasteiger partial charge in [-0.1, -0.05) is 19.1 Å². The SMILES string of the molecule is CC12CCOc3c(F)ccc(c31)C(Nc1cccc3[nH]c(=O)ccc13)C(O)(C(F)(F)F)C2. The Morgan fingerprint density at radius 3 is 2.72 bits per heavy atom. The van der Waals surface area contributed by atoms with Crippen LogP contribution < -0.4 is 15.6 Å². The summed E-state index contributed by atoms with van der Waals surface area (Å²) in [5.41, 5.74) is -3.37. The summed E-state index contributed by atoms with van der Waals surface area (Å²) < 4.78 is 63.1. The molecule has 0 saturated heterocycles. The molecule has 0 radical (unpaired) electrons. The number of ether oxygens (including phenoxy) is 1. The molecule has 0 fully saturated rings. The van der Waals surface area contributed by atoms with E-state index >= 15 is 0 Å². The molecule has 1 aliphatic heterocycles. The molecule has 3 atom stereocenters. The van der Waals surface area contributed by atoms with Gasteiger partial charge in [0, 0.05) is 28.1 Å². The summed E-state index contributed by atoms with van der Waals surface area (Å²) in [6.07, 6.45) is -5.39. The number of nitrogens with one attached hydrogen (secondary N) is 2. The van der Waals surface area contributed by atoms with Crippen LogP contribution in [-0.2, 0) is 5.41 Å². The molecule has 0 bridgehead atoms. The summed E-state index contributed by atoms with van der Waals surface area (Å²) in [7, 11) is 0. The molecule has 5 nitrogen and oxygen atoms in total. The van der Waals surface area contributed by atoms with Crippen molar-refractivity contribution in [3.8, 4) is 5.75 Å². The lowest BCUT2D eigenvalue weighted by Crippen LogP contribution is -2.59. The molecule has 3 aromatic rings. The van der Waals surface area contributed by atoms with Crippen LogP contribution in [0.1, 0.15) is 36.9 Å². The number of aliphatic hydroxyl groups is 1. The first-order valence-electron chi connectivity index (χ1n) is 10.2. The van der Waals surface area contributed by atoms with Gasteiger partial charge in [-0.25, -0.2) is 4.39 Å². The van der Waals surface area contributed by atoms with Crippen molar-refractivity contribution in [2.45, 2.75) is 43.0 Å². The van der Waals surface area contributed by atoms with Crippen molar-refractivity contribution in [2.75, 3.05) is 11.9 Å². The highest BCUT2D eigenvalue weighted by molar-refractivity contribution is 5.91. The average molecular weight is 448 g/mol. The highest BCUT2D eigenvalue weighted by Crippen LogP contribution is 2.59. The van der Waals surface area contributed by atoms with E-state index in [4.69, 9.17) is 4.74 Å². The molecule has 2 aliphatic rings. The van der Waals surface area contributed by atoms with Crippen molar-refractivity contribution in [2.24, 2.45) is 0 Å². The normalized spacial score (nSPS) is 27.0. The summed E-state index contributed by atoms with van der Waals surface area (Å²) in [4.78, 5) is 14.3.